The maximum Gasteiger partial charge on any atom is 0.0311 e. The second-order valence-electron chi connectivity index (χ2n) is 4.06. The fraction of sp³-hybridized carbons (Fsp3) is 0.636. The molecule has 0 aromatic carbocycles. The zero-order valence-corrected chi connectivity index (χ0v) is 9.18. The van der Waals surface area contributed by atoms with Gasteiger partial charge >= 0.3 is 0 Å². The van der Waals surface area contributed by atoms with E-state index in [-0.39, 0.29) is 5.54 Å². The van der Waals surface area contributed by atoms with Crippen LogP contribution in [0.25, 0.3) is 0 Å². The average molecular weight is 167 g/mol. The molecule has 0 N–H and O–H groups in total. The molecule has 0 fully saturated rings. The fourth-order valence-corrected chi connectivity index (χ4v) is 0.876. The highest BCUT2D eigenvalue weighted by molar-refractivity contribution is 5.10. The van der Waals surface area contributed by atoms with Crippen molar-refractivity contribution >= 4 is 0 Å². The van der Waals surface area contributed by atoms with Crippen LogP contribution in [0.3, 0.4) is 0 Å². The fourth-order valence-electron chi connectivity index (χ4n) is 0.876. The Morgan fingerprint density at radius 1 is 1.25 bits per heavy atom. The van der Waals surface area contributed by atoms with Crippen molar-refractivity contribution in [2.75, 3.05) is 7.05 Å². The zero-order chi connectivity index (χ0) is 9.78. The standard InChI is InChI=1S/C11H21N/c1-7-8-9-10(2)12(6)11(3,4)5/h7-9H,1-6H3/b8-7+,10-9-. The summed E-state index contributed by atoms with van der Waals surface area (Å²) in [6, 6.07) is 0. The van der Waals surface area contributed by atoms with Crippen LogP contribution in [0.5, 0.6) is 0 Å². The molecule has 0 spiro atoms. The molecule has 0 saturated carbocycles. The predicted octanol–water partition coefficient (Wildman–Crippen LogP) is 3.20. The van der Waals surface area contributed by atoms with Crippen LogP contribution in [0.4, 0.5) is 0 Å². The molecule has 1 heteroatoms. The second-order valence-corrected chi connectivity index (χ2v) is 4.06. The Labute approximate surface area is 76.8 Å². The van der Waals surface area contributed by atoms with Crippen LogP contribution < -0.4 is 0 Å². The molecule has 0 aromatic rings. The molecule has 0 unspecified atom stereocenters. The molecule has 0 amide bonds. The Bertz CT molecular complexity index is 182. The maximum absolute atomic E-state index is 2.27. The van der Waals surface area contributed by atoms with Gasteiger partial charge in [0.2, 0.25) is 0 Å². The number of allylic oxidation sites excluding steroid dienone is 4. The lowest BCUT2D eigenvalue weighted by Crippen LogP contribution is -2.36. The molecule has 12 heavy (non-hydrogen) atoms. The van der Waals surface area contributed by atoms with Gasteiger partial charge in [0, 0.05) is 18.3 Å². The highest BCUT2D eigenvalue weighted by Crippen LogP contribution is 2.16. The first-order valence-corrected chi connectivity index (χ1v) is 4.43. The van der Waals surface area contributed by atoms with Gasteiger partial charge in [-0.05, 0) is 40.7 Å². The highest BCUT2D eigenvalue weighted by atomic mass is 15.2. The molecule has 0 aliphatic carbocycles. The van der Waals surface area contributed by atoms with Crippen molar-refractivity contribution in [1.29, 1.82) is 0 Å². The molecule has 0 aliphatic rings. The Morgan fingerprint density at radius 3 is 2.08 bits per heavy atom. The average Bonchev–Trinajstić information content (AvgIpc) is 1.97. The van der Waals surface area contributed by atoms with E-state index in [1.54, 1.807) is 0 Å². The van der Waals surface area contributed by atoms with Crippen molar-refractivity contribution in [3.05, 3.63) is 23.9 Å². The first kappa shape index (κ1) is 11.3. The summed E-state index contributed by atoms with van der Waals surface area (Å²) in [7, 11) is 2.12. The molecular weight excluding hydrogens is 146 g/mol. The van der Waals surface area contributed by atoms with E-state index in [0.717, 1.165) is 0 Å². The van der Waals surface area contributed by atoms with Gasteiger partial charge in [0.1, 0.15) is 0 Å². The largest absolute Gasteiger partial charge is 0.373 e. The monoisotopic (exact) mass is 167 g/mol. The Morgan fingerprint density at radius 2 is 1.75 bits per heavy atom. The third kappa shape index (κ3) is 3.61. The molecule has 0 rings (SSSR count). The Kier molecular flexibility index (Phi) is 4.08. The van der Waals surface area contributed by atoms with Crippen molar-refractivity contribution in [1.82, 2.24) is 4.90 Å². The summed E-state index contributed by atoms with van der Waals surface area (Å²) in [4.78, 5) is 2.27. The van der Waals surface area contributed by atoms with Crippen LogP contribution in [-0.2, 0) is 0 Å². The topological polar surface area (TPSA) is 3.24 Å². The van der Waals surface area contributed by atoms with E-state index in [4.69, 9.17) is 0 Å². The van der Waals surface area contributed by atoms with Crippen LogP contribution >= 0.6 is 0 Å². The summed E-state index contributed by atoms with van der Waals surface area (Å²) in [6.07, 6.45) is 6.24. The molecule has 0 bridgehead atoms. The lowest BCUT2D eigenvalue weighted by Gasteiger charge is -2.34. The molecule has 1 nitrogen and oxygen atoms in total. The van der Waals surface area contributed by atoms with Crippen molar-refractivity contribution in [2.24, 2.45) is 0 Å². The van der Waals surface area contributed by atoms with Crippen LogP contribution in [0.1, 0.15) is 34.6 Å². The smallest absolute Gasteiger partial charge is 0.0311 e. The first-order chi connectivity index (χ1) is 5.39. The molecule has 70 valence electrons. The number of hydrogen-bond acceptors (Lipinski definition) is 1. The third-order valence-electron chi connectivity index (χ3n) is 2.07. The van der Waals surface area contributed by atoms with E-state index >= 15 is 0 Å². The highest BCUT2D eigenvalue weighted by Gasteiger charge is 2.15. The molecule has 0 aliphatic heterocycles. The third-order valence-corrected chi connectivity index (χ3v) is 2.07. The SMILES string of the molecule is C/C=C/C=C(/C)N(C)C(C)(C)C. The van der Waals surface area contributed by atoms with Crippen LogP contribution in [0.2, 0.25) is 0 Å². The molecule has 0 radical (unpaired) electrons. The first-order valence-electron chi connectivity index (χ1n) is 4.43. The second kappa shape index (κ2) is 4.34. The van der Waals surface area contributed by atoms with E-state index in [9.17, 15) is 0 Å². The minimum atomic E-state index is 0.210. The Hall–Kier alpha value is -0.720. The van der Waals surface area contributed by atoms with Crippen molar-refractivity contribution < 1.29 is 0 Å². The van der Waals surface area contributed by atoms with Crippen LogP contribution in [0.15, 0.2) is 23.9 Å². The van der Waals surface area contributed by atoms with Gasteiger partial charge in [-0.25, -0.2) is 0 Å². The van der Waals surface area contributed by atoms with Gasteiger partial charge in [-0.1, -0.05) is 12.2 Å². The van der Waals surface area contributed by atoms with E-state index in [1.807, 2.05) is 13.0 Å². The maximum atomic E-state index is 2.27. The Balaban J connectivity index is 4.39. The predicted molar refractivity (Wildman–Crippen MR) is 56.1 cm³/mol. The van der Waals surface area contributed by atoms with Gasteiger partial charge in [-0.15, -0.1) is 0 Å². The van der Waals surface area contributed by atoms with Crippen LogP contribution in [-0.4, -0.2) is 17.5 Å². The lowest BCUT2D eigenvalue weighted by atomic mass is 10.1. The molecular formula is C11H21N. The number of hydrogen-bond donors (Lipinski definition) is 0. The van der Waals surface area contributed by atoms with Crippen molar-refractivity contribution in [3.63, 3.8) is 0 Å². The number of nitrogens with zero attached hydrogens (tertiary/aromatic N) is 1. The summed E-state index contributed by atoms with van der Waals surface area (Å²) in [5.41, 5.74) is 1.50. The quantitative estimate of drug-likeness (QED) is 0.571. The van der Waals surface area contributed by atoms with Crippen molar-refractivity contribution in [2.45, 2.75) is 40.2 Å². The minimum absolute atomic E-state index is 0.210. The van der Waals surface area contributed by atoms with E-state index in [0.29, 0.717) is 0 Å². The normalized spacial score (nSPS) is 14.0. The summed E-state index contributed by atoms with van der Waals surface area (Å²) in [6.45, 7) is 10.8. The lowest BCUT2D eigenvalue weighted by molar-refractivity contribution is 0.228. The summed E-state index contributed by atoms with van der Waals surface area (Å²) in [5.74, 6) is 0. The van der Waals surface area contributed by atoms with Gasteiger partial charge in [0.05, 0.1) is 0 Å². The molecule has 0 atom stereocenters. The molecule has 0 saturated heterocycles. The van der Waals surface area contributed by atoms with Gasteiger partial charge in [0.25, 0.3) is 0 Å². The van der Waals surface area contributed by atoms with E-state index in [2.05, 4.69) is 51.8 Å². The van der Waals surface area contributed by atoms with Gasteiger partial charge in [0.15, 0.2) is 0 Å². The van der Waals surface area contributed by atoms with E-state index < -0.39 is 0 Å². The summed E-state index contributed by atoms with van der Waals surface area (Å²) < 4.78 is 0. The van der Waals surface area contributed by atoms with Gasteiger partial charge in [-0.3, -0.25) is 0 Å². The zero-order valence-electron chi connectivity index (χ0n) is 9.18. The van der Waals surface area contributed by atoms with Gasteiger partial charge < -0.3 is 4.90 Å². The van der Waals surface area contributed by atoms with Gasteiger partial charge in [-0.2, -0.15) is 0 Å². The number of rotatable bonds is 2. The van der Waals surface area contributed by atoms with Crippen molar-refractivity contribution in [3.8, 4) is 0 Å². The minimum Gasteiger partial charge on any atom is -0.373 e. The summed E-state index contributed by atoms with van der Waals surface area (Å²) in [5, 5.41) is 0. The van der Waals surface area contributed by atoms with E-state index in [1.165, 1.54) is 5.70 Å². The summed E-state index contributed by atoms with van der Waals surface area (Å²) >= 11 is 0. The van der Waals surface area contributed by atoms with Crippen LogP contribution in [0, 0.1) is 0 Å². The molecule has 0 heterocycles. The molecule has 0 aromatic heterocycles.